The number of hydrogen-bond acceptors (Lipinski definition) is 3. The van der Waals surface area contributed by atoms with E-state index in [9.17, 15) is 5.26 Å². The standard InChI is InChI=1S/C13H16N2O/c1-2-16-12-8-13(9-12,10-14)15-11-6-4-3-5-7-11/h3-7,12,15H,2,8-9H2,1H3. The average molecular weight is 216 g/mol. The summed E-state index contributed by atoms with van der Waals surface area (Å²) in [6, 6.07) is 12.2. The lowest BCUT2D eigenvalue weighted by molar-refractivity contribution is -0.0141. The molecule has 1 aliphatic carbocycles. The molecular formula is C13H16N2O. The molecule has 0 aromatic heterocycles. The van der Waals surface area contributed by atoms with E-state index in [1.807, 2.05) is 37.3 Å². The molecule has 0 atom stereocenters. The molecule has 0 amide bonds. The number of nitrogens with one attached hydrogen (secondary N) is 1. The van der Waals surface area contributed by atoms with Crippen LogP contribution < -0.4 is 5.32 Å². The van der Waals surface area contributed by atoms with Gasteiger partial charge in [-0.3, -0.25) is 0 Å². The van der Waals surface area contributed by atoms with Crippen LogP contribution in [-0.2, 0) is 4.74 Å². The van der Waals surface area contributed by atoms with Crippen LogP contribution in [0.15, 0.2) is 30.3 Å². The van der Waals surface area contributed by atoms with Gasteiger partial charge in [-0.25, -0.2) is 0 Å². The van der Waals surface area contributed by atoms with Crippen molar-refractivity contribution in [3.8, 4) is 6.07 Å². The Morgan fingerprint density at radius 2 is 2.12 bits per heavy atom. The molecule has 0 radical (unpaired) electrons. The zero-order valence-corrected chi connectivity index (χ0v) is 9.44. The van der Waals surface area contributed by atoms with Crippen LogP contribution in [0.25, 0.3) is 0 Å². The van der Waals surface area contributed by atoms with E-state index in [4.69, 9.17) is 4.74 Å². The molecule has 1 N–H and O–H groups in total. The lowest BCUT2D eigenvalue weighted by Crippen LogP contribution is -2.53. The first kappa shape index (κ1) is 11.0. The van der Waals surface area contributed by atoms with Crippen LogP contribution in [0.3, 0.4) is 0 Å². The molecule has 0 heterocycles. The van der Waals surface area contributed by atoms with E-state index in [0.717, 1.165) is 25.1 Å². The molecule has 1 aromatic carbocycles. The number of nitrogens with zero attached hydrogens (tertiary/aromatic N) is 1. The van der Waals surface area contributed by atoms with Gasteiger partial charge in [0.15, 0.2) is 0 Å². The number of para-hydroxylation sites is 1. The monoisotopic (exact) mass is 216 g/mol. The van der Waals surface area contributed by atoms with Crippen LogP contribution >= 0.6 is 0 Å². The predicted molar refractivity (Wildman–Crippen MR) is 63.1 cm³/mol. The highest BCUT2D eigenvalue weighted by Crippen LogP contribution is 2.37. The van der Waals surface area contributed by atoms with E-state index in [1.165, 1.54) is 0 Å². The number of benzene rings is 1. The van der Waals surface area contributed by atoms with Crippen LogP contribution in [0.2, 0.25) is 0 Å². The Morgan fingerprint density at radius 1 is 1.44 bits per heavy atom. The maximum absolute atomic E-state index is 9.22. The SMILES string of the molecule is CCOC1CC(C#N)(Nc2ccccc2)C1. The number of nitriles is 1. The zero-order valence-electron chi connectivity index (χ0n) is 9.44. The normalized spacial score (nSPS) is 27.9. The molecule has 84 valence electrons. The fourth-order valence-corrected chi connectivity index (χ4v) is 2.09. The average Bonchev–Trinajstić information content (AvgIpc) is 2.27. The number of anilines is 1. The third kappa shape index (κ3) is 2.17. The Bertz CT molecular complexity index is 377. The third-order valence-electron chi connectivity index (χ3n) is 2.93. The molecule has 2 rings (SSSR count). The molecule has 1 fully saturated rings. The van der Waals surface area contributed by atoms with Crippen molar-refractivity contribution in [2.75, 3.05) is 11.9 Å². The van der Waals surface area contributed by atoms with E-state index < -0.39 is 5.54 Å². The molecule has 3 heteroatoms. The molecule has 1 aromatic rings. The van der Waals surface area contributed by atoms with Crippen LogP contribution in [-0.4, -0.2) is 18.2 Å². The summed E-state index contributed by atoms with van der Waals surface area (Å²) in [5.74, 6) is 0. The van der Waals surface area contributed by atoms with Gasteiger partial charge < -0.3 is 10.1 Å². The number of hydrogen-bond donors (Lipinski definition) is 1. The van der Waals surface area contributed by atoms with Gasteiger partial charge in [0.2, 0.25) is 0 Å². The molecule has 1 saturated carbocycles. The van der Waals surface area contributed by atoms with Crippen LogP contribution in [0, 0.1) is 11.3 Å². The molecule has 3 nitrogen and oxygen atoms in total. The summed E-state index contributed by atoms with van der Waals surface area (Å²) < 4.78 is 5.48. The molecule has 0 bridgehead atoms. The first-order valence-corrected chi connectivity index (χ1v) is 5.64. The van der Waals surface area contributed by atoms with Crippen molar-refractivity contribution >= 4 is 5.69 Å². The van der Waals surface area contributed by atoms with Gasteiger partial charge >= 0.3 is 0 Å². The Balaban J connectivity index is 1.96. The van der Waals surface area contributed by atoms with Crippen LogP contribution in [0.1, 0.15) is 19.8 Å². The van der Waals surface area contributed by atoms with Gasteiger partial charge in [-0.1, -0.05) is 18.2 Å². The summed E-state index contributed by atoms with van der Waals surface area (Å²) in [5, 5.41) is 12.5. The van der Waals surface area contributed by atoms with Crippen molar-refractivity contribution in [2.45, 2.75) is 31.4 Å². The molecular weight excluding hydrogens is 200 g/mol. The van der Waals surface area contributed by atoms with Gasteiger partial charge in [0.05, 0.1) is 12.2 Å². The predicted octanol–water partition coefficient (Wildman–Crippen LogP) is 2.56. The van der Waals surface area contributed by atoms with Crippen molar-refractivity contribution in [2.24, 2.45) is 0 Å². The number of rotatable bonds is 4. The van der Waals surface area contributed by atoms with E-state index in [-0.39, 0.29) is 6.10 Å². The second-order valence-corrected chi connectivity index (χ2v) is 4.17. The van der Waals surface area contributed by atoms with Crippen LogP contribution in [0.5, 0.6) is 0 Å². The Labute approximate surface area is 96.0 Å². The lowest BCUT2D eigenvalue weighted by atomic mass is 9.75. The van der Waals surface area contributed by atoms with Crippen molar-refractivity contribution < 1.29 is 4.74 Å². The summed E-state index contributed by atoms with van der Waals surface area (Å²) in [5.41, 5.74) is 0.570. The first-order valence-electron chi connectivity index (χ1n) is 5.64. The highest BCUT2D eigenvalue weighted by atomic mass is 16.5. The van der Waals surface area contributed by atoms with E-state index in [2.05, 4.69) is 11.4 Å². The molecule has 0 spiro atoms. The largest absolute Gasteiger partial charge is 0.378 e. The second kappa shape index (κ2) is 4.54. The van der Waals surface area contributed by atoms with Gasteiger partial charge in [-0.2, -0.15) is 5.26 Å². The van der Waals surface area contributed by atoms with Crippen molar-refractivity contribution in [3.63, 3.8) is 0 Å². The highest BCUT2D eigenvalue weighted by Gasteiger charge is 2.45. The fourth-order valence-electron chi connectivity index (χ4n) is 2.09. The van der Waals surface area contributed by atoms with Crippen molar-refractivity contribution in [1.29, 1.82) is 5.26 Å². The Kier molecular flexibility index (Phi) is 3.12. The minimum absolute atomic E-state index is 0.237. The number of ether oxygens (including phenoxy) is 1. The summed E-state index contributed by atoms with van der Waals surface area (Å²) in [6.45, 7) is 2.70. The Hall–Kier alpha value is -1.53. The fraction of sp³-hybridized carbons (Fsp3) is 0.462. The molecule has 0 saturated heterocycles. The first-order chi connectivity index (χ1) is 7.78. The molecule has 1 aliphatic rings. The van der Waals surface area contributed by atoms with Gasteiger partial charge in [0, 0.05) is 25.1 Å². The highest BCUT2D eigenvalue weighted by molar-refractivity contribution is 5.48. The molecule has 0 unspecified atom stereocenters. The van der Waals surface area contributed by atoms with E-state index in [0.29, 0.717) is 0 Å². The summed E-state index contributed by atoms with van der Waals surface area (Å²) in [6.07, 6.45) is 1.78. The van der Waals surface area contributed by atoms with Crippen molar-refractivity contribution in [1.82, 2.24) is 0 Å². The quantitative estimate of drug-likeness (QED) is 0.841. The maximum Gasteiger partial charge on any atom is 0.130 e. The molecule has 0 aliphatic heterocycles. The minimum atomic E-state index is -0.429. The van der Waals surface area contributed by atoms with Crippen molar-refractivity contribution in [3.05, 3.63) is 30.3 Å². The third-order valence-corrected chi connectivity index (χ3v) is 2.93. The van der Waals surface area contributed by atoms with E-state index >= 15 is 0 Å². The second-order valence-electron chi connectivity index (χ2n) is 4.17. The maximum atomic E-state index is 9.22. The molecule has 16 heavy (non-hydrogen) atoms. The zero-order chi connectivity index (χ0) is 11.4. The lowest BCUT2D eigenvalue weighted by Gasteiger charge is -2.43. The van der Waals surface area contributed by atoms with Crippen LogP contribution in [0.4, 0.5) is 5.69 Å². The van der Waals surface area contributed by atoms with E-state index in [1.54, 1.807) is 0 Å². The van der Waals surface area contributed by atoms with Gasteiger partial charge in [0.25, 0.3) is 0 Å². The summed E-state index contributed by atoms with van der Waals surface area (Å²) >= 11 is 0. The van der Waals surface area contributed by atoms with Gasteiger partial charge in [0.1, 0.15) is 5.54 Å². The Morgan fingerprint density at radius 3 is 2.69 bits per heavy atom. The van der Waals surface area contributed by atoms with Gasteiger partial charge in [-0.05, 0) is 19.1 Å². The minimum Gasteiger partial charge on any atom is -0.378 e. The summed E-state index contributed by atoms with van der Waals surface area (Å²) in [4.78, 5) is 0. The summed E-state index contributed by atoms with van der Waals surface area (Å²) in [7, 11) is 0. The topological polar surface area (TPSA) is 45.0 Å². The smallest absolute Gasteiger partial charge is 0.130 e. The van der Waals surface area contributed by atoms with Gasteiger partial charge in [-0.15, -0.1) is 0 Å².